The Labute approximate surface area is 267 Å². The lowest BCUT2D eigenvalue weighted by Crippen LogP contribution is -2.29. The van der Waals surface area contributed by atoms with Crippen LogP contribution >= 0.6 is 46.3 Å². The molecular weight excluding hydrogens is 647 g/mol. The number of aliphatic hydroxyl groups is 1. The zero-order valence-corrected chi connectivity index (χ0v) is 26.0. The van der Waals surface area contributed by atoms with Crippen LogP contribution in [-0.4, -0.2) is 41.3 Å². The number of carbonyl (C=O) groups is 2. The van der Waals surface area contributed by atoms with Crippen LogP contribution in [0.3, 0.4) is 0 Å². The SMILES string of the molecule is Cc1cccn2c(C)c(C(O)=C3C(=O)C(=O)N(c4nnc(SCc5ccc(Cl)cc5Cl)s4)C3c3ccc([N+](=O)[O-])cc3)nc12. The van der Waals surface area contributed by atoms with Gasteiger partial charge in [0.25, 0.3) is 11.5 Å². The molecule has 6 rings (SSSR count). The second-order valence-corrected chi connectivity index (χ2v) is 12.8. The lowest BCUT2D eigenvalue weighted by Gasteiger charge is -2.22. The molecule has 5 aromatic rings. The number of nitro benzene ring substituents is 1. The Morgan fingerprint density at radius 2 is 1.86 bits per heavy atom. The van der Waals surface area contributed by atoms with Gasteiger partial charge < -0.3 is 9.51 Å². The Kier molecular flexibility index (Phi) is 7.88. The second kappa shape index (κ2) is 11.7. The van der Waals surface area contributed by atoms with E-state index in [-0.39, 0.29) is 22.1 Å². The van der Waals surface area contributed by atoms with Gasteiger partial charge in [0.05, 0.1) is 22.2 Å². The summed E-state index contributed by atoms with van der Waals surface area (Å²) in [6.45, 7) is 3.61. The topological polar surface area (TPSA) is 144 Å². The molecule has 1 aliphatic rings. The third kappa shape index (κ3) is 5.21. The van der Waals surface area contributed by atoms with Crippen LogP contribution in [0.2, 0.25) is 10.0 Å². The number of anilines is 1. The van der Waals surface area contributed by atoms with Gasteiger partial charge in [-0.15, -0.1) is 10.2 Å². The molecule has 44 heavy (non-hydrogen) atoms. The van der Waals surface area contributed by atoms with Crippen molar-refractivity contribution in [3.63, 3.8) is 0 Å². The molecule has 222 valence electrons. The van der Waals surface area contributed by atoms with Crippen LogP contribution in [0.25, 0.3) is 11.4 Å². The molecule has 1 amide bonds. The standard InChI is InChI=1S/C29H20Cl2N6O5S2/c1-14-4-3-11-35-15(2)22(32-26(14)35)24(38)21-23(16-6-9-19(10-7-16)37(41)42)36(27(40)25(21)39)28-33-34-29(44-28)43-13-17-5-8-18(30)12-20(17)31/h3-12,23,38H,13H2,1-2H3. The summed E-state index contributed by atoms with van der Waals surface area (Å²) >= 11 is 14.7. The Morgan fingerprint density at radius 1 is 1.11 bits per heavy atom. The second-order valence-electron chi connectivity index (χ2n) is 9.82. The fraction of sp³-hybridized carbons (Fsp3) is 0.138. The Hall–Kier alpha value is -4.30. The number of halogens is 2. The van der Waals surface area contributed by atoms with Crippen LogP contribution in [0.1, 0.15) is 34.1 Å². The summed E-state index contributed by atoms with van der Waals surface area (Å²) in [7, 11) is 0. The van der Waals surface area contributed by atoms with E-state index in [4.69, 9.17) is 23.2 Å². The Bertz CT molecular complexity index is 2020. The molecule has 1 atom stereocenters. The predicted octanol–water partition coefficient (Wildman–Crippen LogP) is 6.94. The number of Topliss-reactive ketones (excluding diaryl/α,β-unsaturated/α-hetero) is 1. The molecule has 4 heterocycles. The minimum atomic E-state index is -1.15. The summed E-state index contributed by atoms with van der Waals surface area (Å²) in [4.78, 5) is 43.7. The number of ketones is 1. The number of aromatic nitrogens is 4. The highest BCUT2D eigenvalue weighted by Gasteiger charge is 2.49. The van der Waals surface area contributed by atoms with Gasteiger partial charge in [0, 0.05) is 34.1 Å². The number of benzene rings is 2. The molecule has 0 aliphatic carbocycles. The number of non-ortho nitro benzene ring substituents is 1. The summed E-state index contributed by atoms with van der Waals surface area (Å²) < 4.78 is 2.28. The number of thioether (sulfide) groups is 1. The molecule has 1 saturated heterocycles. The molecule has 0 saturated carbocycles. The van der Waals surface area contributed by atoms with E-state index in [0.717, 1.165) is 27.4 Å². The van der Waals surface area contributed by atoms with E-state index in [1.165, 1.54) is 36.0 Å². The average molecular weight is 668 g/mol. The highest BCUT2D eigenvalue weighted by Crippen LogP contribution is 2.44. The molecule has 11 nitrogen and oxygen atoms in total. The van der Waals surface area contributed by atoms with Crippen LogP contribution < -0.4 is 4.90 Å². The van der Waals surface area contributed by atoms with E-state index in [1.54, 1.807) is 35.7 Å². The zero-order valence-electron chi connectivity index (χ0n) is 22.9. The van der Waals surface area contributed by atoms with Gasteiger partial charge >= 0.3 is 5.91 Å². The molecule has 1 unspecified atom stereocenters. The van der Waals surface area contributed by atoms with Gasteiger partial charge in [0.2, 0.25) is 5.13 Å². The van der Waals surface area contributed by atoms with Crippen LogP contribution in [0.4, 0.5) is 10.8 Å². The Morgan fingerprint density at radius 3 is 2.55 bits per heavy atom. The van der Waals surface area contributed by atoms with Crippen molar-refractivity contribution < 1.29 is 19.6 Å². The molecule has 3 aromatic heterocycles. The molecule has 1 N–H and O–H groups in total. The number of amides is 1. The third-order valence-electron chi connectivity index (χ3n) is 7.14. The van der Waals surface area contributed by atoms with E-state index in [9.17, 15) is 24.8 Å². The van der Waals surface area contributed by atoms with E-state index in [2.05, 4.69) is 15.2 Å². The lowest BCUT2D eigenvalue weighted by atomic mass is 9.96. The minimum absolute atomic E-state index is 0.113. The zero-order chi connectivity index (χ0) is 31.3. The minimum Gasteiger partial charge on any atom is -0.505 e. The number of fused-ring (bicyclic) bond motifs is 1. The highest BCUT2D eigenvalue weighted by atomic mass is 35.5. The normalized spacial score (nSPS) is 16.3. The number of hydrogen-bond donors (Lipinski definition) is 1. The van der Waals surface area contributed by atoms with Crippen LogP contribution in [-0.2, 0) is 15.3 Å². The number of aryl methyl sites for hydroxylation is 2. The van der Waals surface area contributed by atoms with Gasteiger partial charge in [-0.2, -0.15) is 0 Å². The summed E-state index contributed by atoms with van der Waals surface area (Å²) in [5, 5.41) is 32.5. The van der Waals surface area contributed by atoms with Gasteiger partial charge in [-0.3, -0.25) is 24.6 Å². The maximum Gasteiger partial charge on any atom is 0.301 e. The van der Waals surface area contributed by atoms with Crippen LogP contribution in [0.15, 0.2) is 70.7 Å². The lowest BCUT2D eigenvalue weighted by molar-refractivity contribution is -0.384. The molecule has 2 aromatic carbocycles. The van der Waals surface area contributed by atoms with E-state index < -0.39 is 28.4 Å². The first-order valence-corrected chi connectivity index (χ1v) is 15.5. The summed E-state index contributed by atoms with van der Waals surface area (Å²) in [5.74, 6) is -1.90. The third-order valence-corrected chi connectivity index (χ3v) is 9.83. The van der Waals surface area contributed by atoms with Crippen molar-refractivity contribution in [2.45, 2.75) is 30.0 Å². The van der Waals surface area contributed by atoms with Gasteiger partial charge in [-0.1, -0.05) is 58.4 Å². The molecular formula is C29H20Cl2N6O5S2. The van der Waals surface area contributed by atoms with E-state index >= 15 is 0 Å². The van der Waals surface area contributed by atoms with Crippen molar-refractivity contribution in [2.24, 2.45) is 0 Å². The van der Waals surface area contributed by atoms with E-state index in [0.29, 0.717) is 37.0 Å². The number of pyridine rings is 1. The van der Waals surface area contributed by atoms with Crippen molar-refractivity contribution in [2.75, 3.05) is 4.90 Å². The first-order chi connectivity index (χ1) is 21.0. The fourth-order valence-corrected chi connectivity index (χ4v) is 7.36. The maximum absolute atomic E-state index is 13.6. The van der Waals surface area contributed by atoms with Crippen LogP contribution in [0.5, 0.6) is 0 Å². The highest BCUT2D eigenvalue weighted by molar-refractivity contribution is 8.00. The molecule has 0 spiro atoms. The fourth-order valence-electron chi connectivity index (χ4n) is 4.93. The average Bonchev–Trinajstić information content (AvgIpc) is 3.67. The van der Waals surface area contributed by atoms with Crippen molar-refractivity contribution >= 4 is 80.2 Å². The van der Waals surface area contributed by atoms with Crippen molar-refractivity contribution in [3.8, 4) is 0 Å². The summed E-state index contributed by atoms with van der Waals surface area (Å²) in [5.41, 5.74) is 2.91. The van der Waals surface area contributed by atoms with Crippen LogP contribution in [0, 0.1) is 24.0 Å². The smallest absolute Gasteiger partial charge is 0.301 e. The number of imidazole rings is 1. The number of carbonyl (C=O) groups excluding carboxylic acids is 2. The summed E-state index contributed by atoms with van der Waals surface area (Å²) in [6, 6.07) is 13.1. The predicted molar refractivity (Wildman–Crippen MR) is 168 cm³/mol. The van der Waals surface area contributed by atoms with Crippen molar-refractivity contribution in [1.82, 2.24) is 19.6 Å². The molecule has 1 fully saturated rings. The van der Waals surface area contributed by atoms with Crippen molar-refractivity contribution in [1.29, 1.82) is 0 Å². The molecule has 1 aliphatic heterocycles. The number of rotatable bonds is 7. The molecule has 15 heteroatoms. The number of aliphatic hydroxyl groups excluding tert-OH is 1. The first-order valence-electron chi connectivity index (χ1n) is 13.0. The van der Waals surface area contributed by atoms with Gasteiger partial charge in [0.1, 0.15) is 11.3 Å². The Balaban J connectivity index is 1.44. The van der Waals surface area contributed by atoms with Gasteiger partial charge in [0.15, 0.2) is 10.1 Å². The summed E-state index contributed by atoms with van der Waals surface area (Å²) in [6.07, 6.45) is 1.78. The van der Waals surface area contributed by atoms with Gasteiger partial charge in [-0.25, -0.2) is 4.98 Å². The van der Waals surface area contributed by atoms with Crippen molar-refractivity contribution in [3.05, 3.63) is 115 Å². The number of nitrogens with zero attached hydrogens (tertiary/aromatic N) is 6. The largest absolute Gasteiger partial charge is 0.505 e. The molecule has 0 radical (unpaired) electrons. The monoisotopic (exact) mass is 666 g/mol. The number of hydrogen-bond acceptors (Lipinski definition) is 10. The van der Waals surface area contributed by atoms with E-state index in [1.807, 2.05) is 19.1 Å². The first kappa shape index (κ1) is 29.8. The number of nitro groups is 1. The molecule has 0 bridgehead atoms. The maximum atomic E-state index is 13.6. The van der Waals surface area contributed by atoms with Gasteiger partial charge in [-0.05, 0) is 60.9 Å². The quantitative estimate of drug-likeness (QED) is 0.0371.